The zero-order valence-corrected chi connectivity index (χ0v) is 11.3. The van der Waals surface area contributed by atoms with Gasteiger partial charge in [0, 0.05) is 24.0 Å². The van der Waals surface area contributed by atoms with E-state index in [1.54, 1.807) is 0 Å². The summed E-state index contributed by atoms with van der Waals surface area (Å²) in [4.78, 5) is 14.7. The third-order valence-corrected chi connectivity index (χ3v) is 2.84. The average Bonchev–Trinajstić information content (AvgIpc) is 2.41. The fourth-order valence-electron chi connectivity index (χ4n) is 1.30. The van der Waals surface area contributed by atoms with Gasteiger partial charge in [-0.2, -0.15) is 4.98 Å². The van der Waals surface area contributed by atoms with E-state index in [9.17, 15) is 9.90 Å². The Kier molecular flexibility index (Phi) is 6.42. The summed E-state index contributed by atoms with van der Waals surface area (Å²) in [5, 5.41) is 9.32. The van der Waals surface area contributed by atoms with E-state index in [1.807, 2.05) is 0 Å². The van der Waals surface area contributed by atoms with E-state index in [0.29, 0.717) is 0 Å². The van der Waals surface area contributed by atoms with Crippen molar-refractivity contribution in [1.29, 1.82) is 0 Å². The van der Waals surface area contributed by atoms with Crippen LogP contribution in [0.2, 0.25) is 0 Å². The van der Waals surface area contributed by atoms with E-state index >= 15 is 0 Å². The van der Waals surface area contributed by atoms with Crippen LogP contribution in [0.1, 0.15) is 6.23 Å². The van der Waals surface area contributed by atoms with Crippen LogP contribution in [0.25, 0.3) is 0 Å². The van der Waals surface area contributed by atoms with Crippen LogP contribution in [0.4, 0.5) is 0 Å². The Labute approximate surface area is 114 Å². The molecule has 0 amide bonds. The molecule has 1 heterocycles. The van der Waals surface area contributed by atoms with Crippen LogP contribution < -0.4 is 10.3 Å². The minimum Gasteiger partial charge on any atom is -0.468 e. The van der Waals surface area contributed by atoms with Gasteiger partial charge in [-0.1, -0.05) is 0 Å². The third kappa shape index (κ3) is 3.84. The standard InChI is InChI=1S/C10H14Cl2N2O4/c1-17-10-13-8(16)2-3-14(10)9(6-15)18-7(4-11)5-12/h2-3,7,9,15H,4-6H2,1H3/t9-/m1/s1. The van der Waals surface area contributed by atoms with Gasteiger partial charge in [-0.15, -0.1) is 23.2 Å². The Morgan fingerprint density at radius 1 is 1.50 bits per heavy atom. The van der Waals surface area contributed by atoms with Gasteiger partial charge in [0.15, 0.2) is 6.23 Å². The fraction of sp³-hybridized carbons (Fsp3) is 0.600. The molecule has 6 nitrogen and oxygen atoms in total. The highest BCUT2D eigenvalue weighted by atomic mass is 35.5. The van der Waals surface area contributed by atoms with E-state index < -0.39 is 17.9 Å². The lowest BCUT2D eigenvalue weighted by molar-refractivity contribution is -0.0677. The molecule has 0 radical (unpaired) electrons. The summed E-state index contributed by atoms with van der Waals surface area (Å²) >= 11 is 11.3. The minimum atomic E-state index is -0.768. The number of hydrogen-bond acceptors (Lipinski definition) is 5. The zero-order chi connectivity index (χ0) is 13.5. The van der Waals surface area contributed by atoms with E-state index in [2.05, 4.69) is 4.98 Å². The van der Waals surface area contributed by atoms with Crippen molar-refractivity contribution in [2.45, 2.75) is 12.3 Å². The van der Waals surface area contributed by atoms with E-state index in [4.69, 9.17) is 32.7 Å². The SMILES string of the molecule is COc1nc(=O)ccn1[C@@H](CO)OC(CCl)CCl. The van der Waals surface area contributed by atoms with Gasteiger partial charge in [-0.3, -0.25) is 9.36 Å². The monoisotopic (exact) mass is 296 g/mol. The second kappa shape index (κ2) is 7.58. The number of aliphatic hydroxyl groups is 1. The topological polar surface area (TPSA) is 73.6 Å². The molecule has 0 unspecified atom stereocenters. The molecule has 0 aliphatic rings. The highest BCUT2D eigenvalue weighted by molar-refractivity contribution is 6.21. The first-order chi connectivity index (χ1) is 8.65. The summed E-state index contributed by atoms with van der Waals surface area (Å²) in [5.41, 5.74) is -0.439. The summed E-state index contributed by atoms with van der Waals surface area (Å²) in [6, 6.07) is 1.29. The summed E-state index contributed by atoms with van der Waals surface area (Å²) in [6.45, 7) is -0.328. The molecule has 102 valence electrons. The Morgan fingerprint density at radius 3 is 2.67 bits per heavy atom. The molecule has 18 heavy (non-hydrogen) atoms. The Morgan fingerprint density at radius 2 is 2.17 bits per heavy atom. The first-order valence-electron chi connectivity index (χ1n) is 5.17. The van der Waals surface area contributed by atoms with Crippen LogP contribution in [0.5, 0.6) is 6.01 Å². The molecular weight excluding hydrogens is 283 g/mol. The van der Waals surface area contributed by atoms with Crippen LogP contribution in [0, 0.1) is 0 Å². The number of alkyl halides is 2. The molecule has 1 aromatic rings. The van der Waals surface area contributed by atoms with Crippen molar-refractivity contribution >= 4 is 23.2 Å². The van der Waals surface area contributed by atoms with Crippen LogP contribution in [0.3, 0.4) is 0 Å². The molecule has 0 spiro atoms. The normalized spacial score (nSPS) is 12.7. The predicted octanol–water partition coefficient (Wildman–Crippen LogP) is 0.606. The van der Waals surface area contributed by atoms with Crippen molar-refractivity contribution in [1.82, 2.24) is 9.55 Å². The van der Waals surface area contributed by atoms with Gasteiger partial charge in [0.2, 0.25) is 0 Å². The molecule has 0 bridgehead atoms. The second-order valence-corrected chi connectivity index (χ2v) is 3.98. The van der Waals surface area contributed by atoms with Crippen LogP contribution in [0.15, 0.2) is 17.1 Å². The summed E-state index contributed by atoms with van der Waals surface area (Å²) < 4.78 is 11.8. The Hall–Kier alpha value is -0.820. The molecule has 0 aromatic carbocycles. The Balaban J connectivity index is 2.97. The van der Waals surface area contributed by atoms with Gasteiger partial charge in [-0.25, -0.2) is 0 Å². The van der Waals surface area contributed by atoms with Crippen molar-refractivity contribution in [2.75, 3.05) is 25.5 Å². The summed E-state index contributed by atoms with van der Waals surface area (Å²) in [5.74, 6) is 0.381. The van der Waals surface area contributed by atoms with E-state index in [-0.39, 0.29) is 24.4 Å². The van der Waals surface area contributed by atoms with Gasteiger partial charge < -0.3 is 14.6 Å². The minimum absolute atomic E-state index is 0.0458. The molecule has 0 fully saturated rings. The van der Waals surface area contributed by atoms with Gasteiger partial charge >= 0.3 is 6.01 Å². The number of nitrogens with zero attached hydrogens (tertiary/aromatic N) is 2. The number of halogens is 2. The maximum absolute atomic E-state index is 11.1. The van der Waals surface area contributed by atoms with Gasteiger partial charge in [0.1, 0.15) is 0 Å². The lowest BCUT2D eigenvalue weighted by atomic mass is 10.4. The van der Waals surface area contributed by atoms with Crippen molar-refractivity contribution in [3.05, 3.63) is 22.6 Å². The van der Waals surface area contributed by atoms with Crippen LogP contribution in [-0.4, -0.2) is 46.2 Å². The van der Waals surface area contributed by atoms with Crippen LogP contribution in [-0.2, 0) is 4.74 Å². The molecule has 0 aliphatic carbocycles. The smallest absolute Gasteiger partial charge is 0.301 e. The average molecular weight is 297 g/mol. The molecule has 8 heteroatoms. The number of hydrogen-bond donors (Lipinski definition) is 1. The molecule has 0 saturated heterocycles. The summed E-state index contributed by atoms with van der Waals surface area (Å²) in [6.07, 6.45) is 0.236. The van der Waals surface area contributed by atoms with Gasteiger partial charge in [-0.05, 0) is 0 Å². The molecule has 1 atom stereocenters. The van der Waals surface area contributed by atoms with E-state index in [0.717, 1.165) is 0 Å². The van der Waals surface area contributed by atoms with Gasteiger partial charge in [0.25, 0.3) is 5.56 Å². The first-order valence-corrected chi connectivity index (χ1v) is 6.24. The van der Waals surface area contributed by atoms with Crippen LogP contribution >= 0.6 is 23.2 Å². The third-order valence-electron chi connectivity index (χ3n) is 2.15. The zero-order valence-electron chi connectivity index (χ0n) is 9.75. The number of aliphatic hydroxyl groups excluding tert-OH is 1. The molecule has 0 saturated carbocycles. The molecule has 1 N–H and O–H groups in total. The lowest BCUT2D eigenvalue weighted by Crippen LogP contribution is -2.28. The van der Waals surface area contributed by atoms with Gasteiger partial charge in [0.05, 0.1) is 19.8 Å². The quantitative estimate of drug-likeness (QED) is 0.746. The molecule has 1 rings (SSSR count). The number of rotatable bonds is 7. The number of aromatic nitrogens is 2. The van der Waals surface area contributed by atoms with Crippen molar-refractivity contribution in [3.63, 3.8) is 0 Å². The number of ether oxygens (including phenoxy) is 2. The first kappa shape index (κ1) is 15.2. The maximum atomic E-state index is 11.1. The maximum Gasteiger partial charge on any atom is 0.301 e. The predicted molar refractivity (Wildman–Crippen MR) is 67.5 cm³/mol. The van der Waals surface area contributed by atoms with Crippen molar-refractivity contribution in [3.8, 4) is 6.01 Å². The lowest BCUT2D eigenvalue weighted by Gasteiger charge is -2.24. The number of methoxy groups -OCH3 is 1. The molecular formula is C10H14Cl2N2O4. The highest BCUT2D eigenvalue weighted by Crippen LogP contribution is 2.17. The summed E-state index contributed by atoms with van der Waals surface area (Å²) in [7, 11) is 1.37. The Bertz CT molecular complexity index is 423. The van der Waals surface area contributed by atoms with Crippen molar-refractivity contribution < 1.29 is 14.6 Å². The molecule has 1 aromatic heterocycles. The second-order valence-electron chi connectivity index (χ2n) is 3.36. The largest absolute Gasteiger partial charge is 0.468 e. The van der Waals surface area contributed by atoms with E-state index in [1.165, 1.54) is 23.9 Å². The molecule has 0 aliphatic heterocycles. The van der Waals surface area contributed by atoms with Crippen molar-refractivity contribution in [2.24, 2.45) is 0 Å². The fourth-order valence-corrected chi connectivity index (χ4v) is 1.78. The highest BCUT2D eigenvalue weighted by Gasteiger charge is 2.19.